The summed E-state index contributed by atoms with van der Waals surface area (Å²) in [7, 11) is 0. The standard InChI is InChI=1S/C16H21NO4/c1-16(8-2-3-9-16)15(21)17-13(14(19)20)10-11-4-6-12(18)7-5-11/h4-7,13,18H,2-3,8-10H2,1H3,(H,17,21)(H,19,20). The molecule has 1 aliphatic carbocycles. The predicted octanol–water partition coefficient (Wildman–Crippen LogP) is 2.08. The van der Waals surface area contributed by atoms with Gasteiger partial charge >= 0.3 is 5.97 Å². The molecule has 114 valence electrons. The Balaban J connectivity index is 2.04. The Kier molecular flexibility index (Phi) is 4.50. The molecule has 2 rings (SSSR count). The first-order valence-electron chi connectivity index (χ1n) is 7.22. The van der Waals surface area contributed by atoms with Crippen molar-refractivity contribution >= 4 is 11.9 Å². The highest BCUT2D eigenvalue weighted by Crippen LogP contribution is 2.37. The second-order valence-corrected chi connectivity index (χ2v) is 6.00. The summed E-state index contributed by atoms with van der Waals surface area (Å²) in [4.78, 5) is 23.7. The van der Waals surface area contributed by atoms with Crippen LogP contribution in [0.5, 0.6) is 5.75 Å². The van der Waals surface area contributed by atoms with Crippen molar-refractivity contribution in [1.82, 2.24) is 5.32 Å². The van der Waals surface area contributed by atoms with Gasteiger partial charge in [-0.15, -0.1) is 0 Å². The summed E-state index contributed by atoms with van der Waals surface area (Å²) < 4.78 is 0. The molecule has 3 N–H and O–H groups in total. The first kappa shape index (κ1) is 15.4. The number of hydrogen-bond donors (Lipinski definition) is 3. The topological polar surface area (TPSA) is 86.6 Å². The van der Waals surface area contributed by atoms with Gasteiger partial charge in [0.1, 0.15) is 11.8 Å². The average molecular weight is 291 g/mol. The van der Waals surface area contributed by atoms with Crippen LogP contribution in [0.25, 0.3) is 0 Å². The highest BCUT2D eigenvalue weighted by atomic mass is 16.4. The minimum Gasteiger partial charge on any atom is -0.508 e. The number of phenolic OH excluding ortho intramolecular Hbond substituents is 1. The second-order valence-electron chi connectivity index (χ2n) is 6.00. The Labute approximate surface area is 124 Å². The first-order chi connectivity index (χ1) is 9.90. The molecule has 1 unspecified atom stereocenters. The summed E-state index contributed by atoms with van der Waals surface area (Å²) in [6, 6.07) is 5.39. The molecule has 1 amide bonds. The number of carbonyl (C=O) groups is 2. The molecule has 0 aromatic heterocycles. The molecule has 0 aliphatic heterocycles. The molecule has 1 aromatic rings. The molecule has 0 heterocycles. The number of aromatic hydroxyl groups is 1. The van der Waals surface area contributed by atoms with E-state index in [0.717, 1.165) is 31.2 Å². The van der Waals surface area contributed by atoms with Crippen LogP contribution in [-0.4, -0.2) is 28.1 Å². The van der Waals surface area contributed by atoms with Crippen molar-refractivity contribution in [3.63, 3.8) is 0 Å². The van der Waals surface area contributed by atoms with E-state index < -0.39 is 17.4 Å². The summed E-state index contributed by atoms with van der Waals surface area (Å²) in [5.41, 5.74) is 0.319. The normalized spacial score (nSPS) is 18.1. The van der Waals surface area contributed by atoms with Crippen molar-refractivity contribution in [2.45, 2.75) is 45.1 Å². The molecule has 1 saturated carbocycles. The van der Waals surface area contributed by atoms with Gasteiger partial charge in [-0.25, -0.2) is 4.79 Å². The lowest BCUT2D eigenvalue weighted by Gasteiger charge is -2.25. The largest absolute Gasteiger partial charge is 0.508 e. The molecule has 21 heavy (non-hydrogen) atoms. The van der Waals surface area contributed by atoms with Crippen LogP contribution in [0, 0.1) is 5.41 Å². The van der Waals surface area contributed by atoms with Crippen LogP contribution in [0.2, 0.25) is 0 Å². The van der Waals surface area contributed by atoms with Gasteiger partial charge in [-0.2, -0.15) is 0 Å². The van der Waals surface area contributed by atoms with Crippen molar-refractivity contribution in [1.29, 1.82) is 0 Å². The molecule has 0 radical (unpaired) electrons. The maximum Gasteiger partial charge on any atom is 0.326 e. The zero-order valence-electron chi connectivity index (χ0n) is 12.1. The van der Waals surface area contributed by atoms with Crippen molar-refractivity contribution in [3.05, 3.63) is 29.8 Å². The van der Waals surface area contributed by atoms with Crippen molar-refractivity contribution in [2.75, 3.05) is 0 Å². The smallest absolute Gasteiger partial charge is 0.326 e. The van der Waals surface area contributed by atoms with Crippen molar-refractivity contribution < 1.29 is 19.8 Å². The third-order valence-electron chi connectivity index (χ3n) is 4.23. The quantitative estimate of drug-likeness (QED) is 0.775. The third-order valence-corrected chi connectivity index (χ3v) is 4.23. The van der Waals surface area contributed by atoms with E-state index in [1.807, 2.05) is 6.92 Å². The number of carboxylic acid groups (broad SMARTS) is 1. The van der Waals surface area contributed by atoms with Gasteiger partial charge in [0.05, 0.1) is 0 Å². The molecular weight excluding hydrogens is 270 g/mol. The highest BCUT2D eigenvalue weighted by Gasteiger charge is 2.37. The highest BCUT2D eigenvalue weighted by molar-refractivity contribution is 5.87. The maximum absolute atomic E-state index is 12.3. The number of benzene rings is 1. The Morgan fingerprint density at radius 3 is 2.33 bits per heavy atom. The minimum atomic E-state index is -1.04. The molecule has 0 spiro atoms. The Morgan fingerprint density at radius 1 is 1.24 bits per heavy atom. The molecular formula is C16H21NO4. The molecule has 1 atom stereocenters. The average Bonchev–Trinajstić information content (AvgIpc) is 2.88. The summed E-state index contributed by atoms with van der Waals surface area (Å²) in [5.74, 6) is -1.09. The number of phenols is 1. The minimum absolute atomic E-state index is 0.133. The van der Waals surface area contributed by atoms with Crippen LogP contribution >= 0.6 is 0 Å². The molecule has 5 heteroatoms. The third kappa shape index (κ3) is 3.74. The molecule has 1 aromatic carbocycles. The number of hydrogen-bond acceptors (Lipinski definition) is 3. The van der Waals surface area contributed by atoms with Crippen LogP contribution < -0.4 is 5.32 Å². The van der Waals surface area contributed by atoms with E-state index in [2.05, 4.69) is 5.32 Å². The lowest BCUT2D eigenvalue weighted by atomic mass is 9.87. The number of carbonyl (C=O) groups excluding carboxylic acids is 1. The monoisotopic (exact) mass is 291 g/mol. The van der Waals surface area contributed by atoms with Crippen LogP contribution in [0.1, 0.15) is 38.2 Å². The van der Waals surface area contributed by atoms with Gasteiger partial charge in [-0.3, -0.25) is 4.79 Å². The van der Waals surface area contributed by atoms with Crippen LogP contribution in [0.4, 0.5) is 0 Å². The van der Waals surface area contributed by atoms with Crippen LogP contribution in [-0.2, 0) is 16.0 Å². The number of carboxylic acids is 1. The molecule has 0 bridgehead atoms. The molecule has 0 saturated heterocycles. The number of amides is 1. The fourth-order valence-corrected chi connectivity index (χ4v) is 2.78. The Morgan fingerprint density at radius 2 is 1.81 bits per heavy atom. The zero-order valence-corrected chi connectivity index (χ0v) is 12.1. The number of nitrogens with one attached hydrogen (secondary N) is 1. The fourth-order valence-electron chi connectivity index (χ4n) is 2.78. The second kappa shape index (κ2) is 6.16. The van der Waals surface area contributed by atoms with Crippen LogP contribution in [0.15, 0.2) is 24.3 Å². The van der Waals surface area contributed by atoms with E-state index in [4.69, 9.17) is 0 Å². The summed E-state index contributed by atoms with van der Waals surface area (Å²) in [6.45, 7) is 1.90. The zero-order chi connectivity index (χ0) is 15.5. The van der Waals surface area contributed by atoms with Gasteiger partial charge in [0.2, 0.25) is 5.91 Å². The summed E-state index contributed by atoms with van der Waals surface area (Å²) in [5, 5.41) is 21.2. The van der Waals surface area contributed by atoms with E-state index in [9.17, 15) is 19.8 Å². The van der Waals surface area contributed by atoms with E-state index in [0.29, 0.717) is 0 Å². The predicted molar refractivity (Wildman–Crippen MR) is 78.0 cm³/mol. The van der Waals surface area contributed by atoms with E-state index in [1.165, 1.54) is 12.1 Å². The number of rotatable bonds is 5. The van der Waals surface area contributed by atoms with E-state index in [-0.39, 0.29) is 18.1 Å². The van der Waals surface area contributed by atoms with Gasteiger partial charge in [0.25, 0.3) is 0 Å². The van der Waals surface area contributed by atoms with Crippen molar-refractivity contribution in [3.8, 4) is 5.75 Å². The first-order valence-corrected chi connectivity index (χ1v) is 7.22. The van der Waals surface area contributed by atoms with Crippen molar-refractivity contribution in [2.24, 2.45) is 5.41 Å². The SMILES string of the molecule is CC1(C(=O)NC(Cc2ccc(O)cc2)C(=O)O)CCCC1. The summed E-state index contributed by atoms with van der Waals surface area (Å²) >= 11 is 0. The fraction of sp³-hybridized carbons (Fsp3) is 0.500. The van der Waals surface area contributed by atoms with Crippen LogP contribution in [0.3, 0.4) is 0 Å². The molecule has 1 fully saturated rings. The van der Waals surface area contributed by atoms with Gasteiger partial charge < -0.3 is 15.5 Å². The van der Waals surface area contributed by atoms with E-state index in [1.54, 1.807) is 12.1 Å². The van der Waals surface area contributed by atoms with Gasteiger partial charge in [0.15, 0.2) is 0 Å². The van der Waals surface area contributed by atoms with Gasteiger partial charge in [-0.05, 0) is 30.5 Å². The Hall–Kier alpha value is -2.04. The molecule has 5 nitrogen and oxygen atoms in total. The van der Waals surface area contributed by atoms with Gasteiger partial charge in [0, 0.05) is 11.8 Å². The summed E-state index contributed by atoms with van der Waals surface area (Å²) in [6.07, 6.45) is 3.85. The Bertz CT molecular complexity index is 518. The lowest BCUT2D eigenvalue weighted by molar-refractivity contribution is -0.143. The number of aliphatic carboxylic acids is 1. The van der Waals surface area contributed by atoms with E-state index >= 15 is 0 Å². The molecule has 1 aliphatic rings. The maximum atomic E-state index is 12.3. The van der Waals surface area contributed by atoms with Gasteiger partial charge in [-0.1, -0.05) is 31.9 Å². The lowest BCUT2D eigenvalue weighted by Crippen LogP contribution is -2.47.